The molecule has 2 heterocycles. The van der Waals surface area contributed by atoms with Gasteiger partial charge in [-0.3, -0.25) is 14.6 Å². The fourth-order valence-electron chi connectivity index (χ4n) is 4.31. The van der Waals surface area contributed by atoms with Gasteiger partial charge in [-0.2, -0.15) is 0 Å². The average Bonchev–Trinajstić information content (AvgIpc) is 3.12. The van der Waals surface area contributed by atoms with Gasteiger partial charge >= 0.3 is 0 Å². The minimum absolute atomic E-state index is 0.00691. The molecule has 0 saturated carbocycles. The first-order valence-electron chi connectivity index (χ1n) is 10.7. The van der Waals surface area contributed by atoms with Crippen LogP contribution in [0.1, 0.15) is 36.3 Å². The van der Waals surface area contributed by atoms with E-state index in [2.05, 4.69) is 29.1 Å². The lowest BCUT2D eigenvalue weighted by Gasteiger charge is -2.27. The average molecular weight is 417 g/mol. The van der Waals surface area contributed by atoms with Gasteiger partial charge in [0.05, 0.1) is 22.9 Å². The summed E-state index contributed by atoms with van der Waals surface area (Å²) < 4.78 is 0. The molecule has 0 saturated heterocycles. The number of hydrogen-bond acceptors (Lipinski definition) is 4. The highest BCUT2D eigenvalue weighted by molar-refractivity contribution is 6.09. The van der Waals surface area contributed by atoms with E-state index in [-0.39, 0.29) is 24.0 Å². The maximum atomic E-state index is 13.3. The van der Waals surface area contributed by atoms with Crippen LogP contribution in [0.15, 0.2) is 54.9 Å². The Kier molecular flexibility index (Phi) is 5.89. The van der Waals surface area contributed by atoms with Crippen LogP contribution in [0, 0.1) is 11.8 Å². The van der Waals surface area contributed by atoms with Crippen LogP contribution in [-0.2, 0) is 11.2 Å². The zero-order chi connectivity index (χ0) is 22.0. The molecule has 1 aromatic carbocycles. The molecule has 6 nitrogen and oxygen atoms in total. The molecule has 1 unspecified atom stereocenters. The van der Waals surface area contributed by atoms with Crippen molar-refractivity contribution in [2.24, 2.45) is 11.8 Å². The van der Waals surface area contributed by atoms with Crippen molar-refractivity contribution in [3.8, 4) is 11.3 Å². The molecule has 1 atom stereocenters. The topological polar surface area (TPSA) is 78.1 Å². The maximum Gasteiger partial charge on any atom is 0.226 e. The third-order valence-corrected chi connectivity index (χ3v) is 5.62. The lowest BCUT2D eigenvalue weighted by molar-refractivity contribution is -0.134. The Bertz CT molecular complexity index is 1070. The number of carbonyl (C=O) groups is 2. The minimum Gasteiger partial charge on any atom is -0.356 e. The number of anilines is 2. The zero-order valence-corrected chi connectivity index (χ0v) is 18.2. The number of nitrogens with one attached hydrogen (secondary N) is 2. The van der Waals surface area contributed by atoms with E-state index in [1.165, 1.54) is 0 Å². The monoisotopic (exact) mass is 416 g/mol. The standard InChI is InChI=1S/C25H28N4O2/c1-16(2)15-29(3)25(31)18-13-20-22(21(30)14-18)24(27-19-7-5-4-6-8-19)23(28-20)17-9-11-26-12-10-17/h4-12,16,18,27-28H,13-15H2,1-3H3. The first kappa shape index (κ1) is 20.8. The molecule has 0 bridgehead atoms. The molecule has 1 aliphatic rings. The molecule has 0 fully saturated rings. The molecule has 31 heavy (non-hydrogen) atoms. The smallest absolute Gasteiger partial charge is 0.226 e. The molecule has 2 N–H and O–H groups in total. The van der Waals surface area contributed by atoms with Gasteiger partial charge in [-0.05, 0) is 30.2 Å². The number of rotatable bonds is 6. The van der Waals surface area contributed by atoms with Gasteiger partial charge in [-0.25, -0.2) is 0 Å². The van der Waals surface area contributed by atoms with Gasteiger partial charge in [0.15, 0.2) is 5.78 Å². The Morgan fingerprint density at radius 2 is 1.87 bits per heavy atom. The Morgan fingerprint density at radius 1 is 1.16 bits per heavy atom. The van der Waals surface area contributed by atoms with E-state index in [9.17, 15) is 9.59 Å². The van der Waals surface area contributed by atoms with E-state index in [1.54, 1.807) is 17.3 Å². The summed E-state index contributed by atoms with van der Waals surface area (Å²) in [7, 11) is 1.82. The number of benzene rings is 1. The fraction of sp³-hybridized carbons (Fsp3) is 0.320. The first-order valence-corrected chi connectivity index (χ1v) is 10.7. The summed E-state index contributed by atoms with van der Waals surface area (Å²) in [6.07, 6.45) is 4.22. The largest absolute Gasteiger partial charge is 0.356 e. The van der Waals surface area contributed by atoms with E-state index in [4.69, 9.17) is 0 Å². The lowest BCUT2D eigenvalue weighted by Crippen LogP contribution is -2.38. The van der Waals surface area contributed by atoms with E-state index >= 15 is 0 Å². The number of nitrogens with zero attached hydrogens (tertiary/aromatic N) is 2. The van der Waals surface area contributed by atoms with Crippen LogP contribution in [-0.4, -0.2) is 40.2 Å². The Balaban J connectivity index is 1.72. The molecule has 6 heteroatoms. The van der Waals surface area contributed by atoms with Gasteiger partial charge in [-0.15, -0.1) is 0 Å². The molecule has 0 radical (unpaired) electrons. The Hall–Kier alpha value is -3.41. The normalized spacial score (nSPS) is 15.6. The van der Waals surface area contributed by atoms with Gasteiger partial charge in [0.25, 0.3) is 0 Å². The number of para-hydroxylation sites is 1. The SMILES string of the molecule is CC(C)CN(C)C(=O)C1CC(=O)c2c([nH]c(-c3ccncc3)c2Nc2ccccc2)C1. The number of ketones is 1. The number of fused-ring (bicyclic) bond motifs is 1. The predicted molar refractivity (Wildman–Crippen MR) is 122 cm³/mol. The van der Waals surface area contributed by atoms with Gasteiger partial charge in [0.1, 0.15) is 0 Å². The summed E-state index contributed by atoms with van der Waals surface area (Å²) in [6.45, 7) is 4.85. The highest BCUT2D eigenvalue weighted by Gasteiger charge is 2.36. The molecule has 0 aliphatic heterocycles. The van der Waals surface area contributed by atoms with Crippen molar-refractivity contribution in [2.45, 2.75) is 26.7 Å². The van der Waals surface area contributed by atoms with Crippen LogP contribution in [0.2, 0.25) is 0 Å². The minimum atomic E-state index is -0.336. The van der Waals surface area contributed by atoms with E-state index in [1.807, 2.05) is 49.5 Å². The third kappa shape index (κ3) is 4.38. The number of hydrogen-bond donors (Lipinski definition) is 2. The number of Topliss-reactive ketones (excluding diaryl/α,β-unsaturated/α-hetero) is 1. The Labute approximate surface area is 182 Å². The number of carbonyl (C=O) groups excluding carboxylic acids is 2. The second-order valence-corrected chi connectivity index (χ2v) is 8.60. The highest BCUT2D eigenvalue weighted by atomic mass is 16.2. The second-order valence-electron chi connectivity index (χ2n) is 8.60. The van der Waals surface area contributed by atoms with Crippen molar-refractivity contribution in [3.05, 3.63) is 66.1 Å². The number of amides is 1. The molecule has 3 aromatic rings. The number of H-pyrrole nitrogens is 1. The Morgan fingerprint density at radius 3 is 2.55 bits per heavy atom. The first-order chi connectivity index (χ1) is 14.9. The molecular weight excluding hydrogens is 388 g/mol. The van der Waals surface area contributed by atoms with Crippen molar-refractivity contribution in [1.29, 1.82) is 0 Å². The van der Waals surface area contributed by atoms with Gasteiger partial charge in [0.2, 0.25) is 5.91 Å². The van der Waals surface area contributed by atoms with Crippen LogP contribution in [0.5, 0.6) is 0 Å². The molecule has 0 spiro atoms. The number of aromatic nitrogens is 2. The number of aromatic amines is 1. The molecular formula is C25H28N4O2. The van der Waals surface area contributed by atoms with Crippen molar-refractivity contribution in [3.63, 3.8) is 0 Å². The van der Waals surface area contributed by atoms with Gasteiger partial charge in [-0.1, -0.05) is 32.0 Å². The van der Waals surface area contributed by atoms with E-state index in [0.717, 1.165) is 28.3 Å². The van der Waals surface area contributed by atoms with Crippen LogP contribution in [0.4, 0.5) is 11.4 Å². The molecule has 1 amide bonds. The van der Waals surface area contributed by atoms with Crippen molar-refractivity contribution < 1.29 is 9.59 Å². The van der Waals surface area contributed by atoms with Crippen molar-refractivity contribution in [1.82, 2.24) is 14.9 Å². The molecule has 4 rings (SSSR count). The fourth-order valence-corrected chi connectivity index (χ4v) is 4.31. The highest BCUT2D eigenvalue weighted by Crippen LogP contribution is 2.40. The van der Waals surface area contributed by atoms with Gasteiger partial charge in [0, 0.05) is 55.8 Å². The molecule has 2 aromatic heterocycles. The summed E-state index contributed by atoms with van der Waals surface area (Å²) in [5.74, 6) is 0.0735. The summed E-state index contributed by atoms with van der Waals surface area (Å²) in [5.41, 5.74) is 4.92. The summed E-state index contributed by atoms with van der Waals surface area (Å²) in [4.78, 5) is 35.5. The quantitative estimate of drug-likeness (QED) is 0.612. The van der Waals surface area contributed by atoms with Crippen LogP contribution < -0.4 is 5.32 Å². The summed E-state index contributed by atoms with van der Waals surface area (Å²) in [5, 5.41) is 3.43. The molecule has 1 aliphatic carbocycles. The summed E-state index contributed by atoms with van der Waals surface area (Å²) >= 11 is 0. The van der Waals surface area contributed by atoms with E-state index < -0.39 is 0 Å². The van der Waals surface area contributed by atoms with Crippen molar-refractivity contribution >= 4 is 23.1 Å². The number of pyridine rings is 1. The van der Waals surface area contributed by atoms with Crippen LogP contribution >= 0.6 is 0 Å². The zero-order valence-electron chi connectivity index (χ0n) is 18.2. The van der Waals surface area contributed by atoms with Crippen molar-refractivity contribution in [2.75, 3.05) is 18.9 Å². The second kappa shape index (κ2) is 8.76. The lowest BCUT2D eigenvalue weighted by atomic mass is 9.85. The maximum absolute atomic E-state index is 13.3. The van der Waals surface area contributed by atoms with Gasteiger partial charge < -0.3 is 15.2 Å². The predicted octanol–water partition coefficient (Wildman–Crippen LogP) is 4.68. The third-order valence-electron chi connectivity index (χ3n) is 5.62. The van der Waals surface area contributed by atoms with E-state index in [0.29, 0.717) is 24.4 Å². The summed E-state index contributed by atoms with van der Waals surface area (Å²) in [6, 6.07) is 13.6. The molecule has 160 valence electrons. The van der Waals surface area contributed by atoms with Crippen LogP contribution in [0.3, 0.4) is 0 Å². The van der Waals surface area contributed by atoms with Crippen LogP contribution in [0.25, 0.3) is 11.3 Å².